The Kier molecular flexibility index (Phi) is 4.80. The van der Waals surface area contributed by atoms with Crippen LogP contribution in [0.15, 0.2) is 6.07 Å². The Labute approximate surface area is 118 Å². The predicted molar refractivity (Wildman–Crippen MR) is 68.4 cm³/mol. The molecule has 112 valence electrons. The summed E-state index contributed by atoms with van der Waals surface area (Å²) in [5.74, 6) is -1.67. The van der Waals surface area contributed by atoms with Gasteiger partial charge in [0.25, 0.3) is 0 Å². The van der Waals surface area contributed by atoms with E-state index >= 15 is 0 Å². The van der Waals surface area contributed by atoms with Crippen molar-refractivity contribution in [3.05, 3.63) is 17.0 Å². The van der Waals surface area contributed by atoms with E-state index in [0.717, 1.165) is 6.07 Å². The first-order chi connectivity index (χ1) is 9.06. The summed E-state index contributed by atoms with van der Waals surface area (Å²) in [5.41, 5.74) is -0.815. The lowest BCUT2D eigenvalue weighted by molar-refractivity contribution is -0.144. The Hall–Kier alpha value is -1.57. The second-order valence-corrected chi connectivity index (χ2v) is 5.10. The summed E-state index contributed by atoms with van der Waals surface area (Å²) in [4.78, 5) is 18.0. The summed E-state index contributed by atoms with van der Waals surface area (Å²) < 4.78 is 37.6. The summed E-state index contributed by atoms with van der Waals surface area (Å²) in [6.45, 7) is 3.38. The van der Waals surface area contributed by atoms with Gasteiger partial charge in [-0.25, -0.2) is 9.97 Å². The van der Waals surface area contributed by atoms with Crippen molar-refractivity contribution in [3.63, 3.8) is 0 Å². The molecule has 0 radical (unpaired) electrons. The topological polar surface area (TPSA) is 66.9 Å². The van der Waals surface area contributed by atoms with Crippen molar-refractivity contribution in [2.45, 2.75) is 20.0 Å². The van der Waals surface area contributed by atoms with E-state index < -0.39 is 17.4 Å². The lowest BCUT2D eigenvalue weighted by atomic mass is 9.92. The third kappa shape index (κ3) is 4.22. The smallest absolute Gasteiger partial charge is 0.369 e. The number of rotatable bonds is 4. The maximum Gasteiger partial charge on any atom is 0.451 e. The highest BCUT2D eigenvalue weighted by molar-refractivity contribution is 6.29. The maximum atomic E-state index is 12.5. The number of aromatic nitrogens is 2. The van der Waals surface area contributed by atoms with Gasteiger partial charge < -0.3 is 10.6 Å². The van der Waals surface area contributed by atoms with Gasteiger partial charge in [0.15, 0.2) is 0 Å². The minimum Gasteiger partial charge on any atom is -0.369 e. The highest BCUT2D eigenvalue weighted by Gasteiger charge is 2.35. The third-order valence-corrected chi connectivity index (χ3v) is 2.70. The monoisotopic (exact) mass is 310 g/mol. The van der Waals surface area contributed by atoms with Gasteiger partial charge in [-0.15, -0.1) is 0 Å². The van der Waals surface area contributed by atoms with E-state index in [1.165, 1.54) is 7.05 Å². The summed E-state index contributed by atoms with van der Waals surface area (Å²) in [6, 6.07) is 1.16. The fourth-order valence-electron chi connectivity index (χ4n) is 1.37. The molecule has 9 heteroatoms. The van der Waals surface area contributed by atoms with Crippen LogP contribution in [-0.4, -0.2) is 29.5 Å². The van der Waals surface area contributed by atoms with Crippen molar-refractivity contribution in [2.75, 3.05) is 18.9 Å². The minimum absolute atomic E-state index is 0.0886. The number of alkyl halides is 3. The number of nitrogens with zero attached hydrogens (tertiary/aromatic N) is 2. The maximum absolute atomic E-state index is 12.5. The van der Waals surface area contributed by atoms with Gasteiger partial charge in [0.05, 0.1) is 5.41 Å². The lowest BCUT2D eigenvalue weighted by Gasteiger charge is -2.23. The van der Waals surface area contributed by atoms with Crippen molar-refractivity contribution in [3.8, 4) is 0 Å². The first kappa shape index (κ1) is 16.5. The van der Waals surface area contributed by atoms with Crippen molar-refractivity contribution in [2.24, 2.45) is 5.41 Å². The van der Waals surface area contributed by atoms with Crippen LogP contribution in [-0.2, 0) is 11.0 Å². The van der Waals surface area contributed by atoms with E-state index in [9.17, 15) is 18.0 Å². The molecule has 1 aromatic rings. The van der Waals surface area contributed by atoms with Gasteiger partial charge in [0.1, 0.15) is 11.0 Å². The molecule has 1 aromatic heterocycles. The van der Waals surface area contributed by atoms with Crippen molar-refractivity contribution < 1.29 is 18.0 Å². The first-order valence-electron chi connectivity index (χ1n) is 5.64. The first-order valence-corrected chi connectivity index (χ1v) is 6.02. The van der Waals surface area contributed by atoms with Crippen molar-refractivity contribution >= 4 is 23.3 Å². The zero-order valence-corrected chi connectivity index (χ0v) is 11.9. The Balaban J connectivity index is 2.89. The molecule has 2 N–H and O–H groups in total. The molecule has 0 saturated carbocycles. The van der Waals surface area contributed by atoms with Gasteiger partial charge in [-0.2, -0.15) is 13.2 Å². The molecule has 0 saturated heterocycles. The molecule has 1 heterocycles. The number of halogens is 4. The highest BCUT2D eigenvalue weighted by atomic mass is 35.5. The number of carbonyl (C=O) groups is 1. The second kappa shape index (κ2) is 5.82. The number of nitrogens with one attached hydrogen (secondary N) is 2. The average Bonchev–Trinajstić information content (AvgIpc) is 2.33. The quantitative estimate of drug-likeness (QED) is 0.838. The zero-order valence-electron chi connectivity index (χ0n) is 11.1. The number of carbonyl (C=O) groups excluding carboxylic acids is 1. The zero-order chi connectivity index (χ0) is 15.6. The summed E-state index contributed by atoms with van der Waals surface area (Å²) >= 11 is 5.53. The summed E-state index contributed by atoms with van der Waals surface area (Å²) in [7, 11) is 1.48. The van der Waals surface area contributed by atoms with Crippen LogP contribution < -0.4 is 10.6 Å². The van der Waals surface area contributed by atoms with Crippen LogP contribution in [0.1, 0.15) is 19.7 Å². The van der Waals surface area contributed by atoms with E-state index in [1.807, 2.05) is 0 Å². The molecule has 1 rings (SSSR count). The Bertz CT molecular complexity index is 505. The molecule has 1 amide bonds. The fourth-order valence-corrected chi connectivity index (χ4v) is 1.55. The van der Waals surface area contributed by atoms with Crippen molar-refractivity contribution in [1.29, 1.82) is 0 Å². The van der Waals surface area contributed by atoms with Crippen LogP contribution in [0.25, 0.3) is 0 Å². The third-order valence-electron chi connectivity index (χ3n) is 2.50. The standard InChI is InChI=1S/C11H14ClF3N4O/c1-10(2,9(20)16-3)5-17-7-4-6(12)18-8(19-7)11(13,14)15/h4H,5H2,1-3H3,(H,16,20)(H,17,18,19). The number of amides is 1. The highest BCUT2D eigenvalue weighted by Crippen LogP contribution is 2.28. The number of hydrogen-bond acceptors (Lipinski definition) is 4. The molecule has 20 heavy (non-hydrogen) atoms. The molecule has 0 bridgehead atoms. The van der Waals surface area contributed by atoms with Crippen LogP contribution in [0.2, 0.25) is 5.15 Å². The Morgan fingerprint density at radius 2 is 1.95 bits per heavy atom. The molecule has 0 aliphatic carbocycles. The summed E-state index contributed by atoms with van der Waals surface area (Å²) in [6.07, 6.45) is -4.68. The molecule has 0 spiro atoms. The van der Waals surface area contributed by atoms with Gasteiger partial charge in [0, 0.05) is 19.7 Å². The molecule has 0 aliphatic rings. The molecule has 0 fully saturated rings. The predicted octanol–water partition coefficient (Wildman–Crippen LogP) is 2.33. The van der Waals surface area contributed by atoms with E-state index in [2.05, 4.69) is 20.6 Å². The largest absolute Gasteiger partial charge is 0.451 e. The summed E-state index contributed by atoms with van der Waals surface area (Å²) in [5, 5.41) is 4.80. The van der Waals surface area contributed by atoms with Gasteiger partial charge in [-0.3, -0.25) is 4.79 Å². The normalized spacial score (nSPS) is 12.2. The minimum atomic E-state index is -4.68. The average molecular weight is 311 g/mol. The van der Waals surface area contributed by atoms with E-state index in [-0.39, 0.29) is 23.4 Å². The van der Waals surface area contributed by atoms with Crippen LogP contribution in [0, 0.1) is 5.41 Å². The number of anilines is 1. The fraction of sp³-hybridized carbons (Fsp3) is 0.545. The molecule has 0 unspecified atom stereocenters. The van der Waals surface area contributed by atoms with Crippen LogP contribution in [0.3, 0.4) is 0 Å². The van der Waals surface area contributed by atoms with E-state index in [1.54, 1.807) is 13.8 Å². The molecular weight excluding hydrogens is 297 g/mol. The van der Waals surface area contributed by atoms with Crippen LogP contribution >= 0.6 is 11.6 Å². The Morgan fingerprint density at radius 3 is 2.45 bits per heavy atom. The lowest BCUT2D eigenvalue weighted by Crippen LogP contribution is -2.39. The van der Waals surface area contributed by atoms with E-state index in [4.69, 9.17) is 11.6 Å². The molecule has 0 aliphatic heterocycles. The molecule has 0 aromatic carbocycles. The molecular formula is C11H14ClF3N4O. The molecule has 5 nitrogen and oxygen atoms in total. The number of hydrogen-bond donors (Lipinski definition) is 2. The SMILES string of the molecule is CNC(=O)C(C)(C)CNc1cc(Cl)nc(C(F)(F)F)n1. The van der Waals surface area contributed by atoms with Crippen LogP contribution in [0.4, 0.5) is 19.0 Å². The van der Waals surface area contributed by atoms with Gasteiger partial charge in [-0.1, -0.05) is 11.6 Å². The second-order valence-electron chi connectivity index (χ2n) is 4.71. The van der Waals surface area contributed by atoms with Gasteiger partial charge in [-0.05, 0) is 13.8 Å². The van der Waals surface area contributed by atoms with Gasteiger partial charge >= 0.3 is 6.18 Å². The van der Waals surface area contributed by atoms with E-state index in [0.29, 0.717) is 0 Å². The van der Waals surface area contributed by atoms with Crippen LogP contribution in [0.5, 0.6) is 0 Å². The molecule has 0 atom stereocenters. The Morgan fingerprint density at radius 1 is 1.35 bits per heavy atom. The van der Waals surface area contributed by atoms with Crippen molar-refractivity contribution in [1.82, 2.24) is 15.3 Å². The van der Waals surface area contributed by atoms with Gasteiger partial charge in [0.2, 0.25) is 11.7 Å².